The normalized spacial score (nSPS) is 16.9. The lowest BCUT2D eigenvalue weighted by Gasteiger charge is -2.36. The number of β-amino-alcohol motifs (C(OH)–C–C–N with tert-alkyl or cyclic N) is 1. The lowest BCUT2D eigenvalue weighted by Crippen LogP contribution is -2.48. The second-order valence-electron chi connectivity index (χ2n) is 5.65. The van der Waals surface area contributed by atoms with E-state index >= 15 is 0 Å². The van der Waals surface area contributed by atoms with Gasteiger partial charge in [-0.1, -0.05) is 0 Å². The Labute approximate surface area is 137 Å². The molecule has 1 aromatic carbocycles. The SMILES string of the molecule is CCOC(=O)C[C@H](O)CN1CCN(c2ccc(OC)cc2)CC1. The van der Waals surface area contributed by atoms with E-state index in [1.165, 1.54) is 5.69 Å². The molecule has 1 heterocycles. The molecule has 0 bridgehead atoms. The molecule has 1 aliphatic heterocycles. The van der Waals surface area contributed by atoms with Gasteiger partial charge in [-0.05, 0) is 31.2 Å². The average Bonchev–Trinajstić information content (AvgIpc) is 2.56. The molecule has 1 atom stereocenters. The Kier molecular flexibility index (Phi) is 6.67. The number of anilines is 1. The Bertz CT molecular complexity index is 484. The van der Waals surface area contributed by atoms with Gasteiger partial charge in [-0.15, -0.1) is 0 Å². The maximum atomic E-state index is 11.4. The Balaban J connectivity index is 1.75. The van der Waals surface area contributed by atoms with E-state index in [4.69, 9.17) is 9.47 Å². The van der Waals surface area contributed by atoms with Crippen molar-refractivity contribution < 1.29 is 19.4 Å². The standard InChI is InChI=1S/C17H26N2O4/c1-3-23-17(21)12-15(20)13-18-8-10-19(11-9-18)14-4-6-16(22-2)7-5-14/h4-7,15,20H,3,8-13H2,1-2H3/t15-/m0/s1. The first-order valence-electron chi connectivity index (χ1n) is 8.07. The molecule has 0 radical (unpaired) electrons. The van der Waals surface area contributed by atoms with Crippen LogP contribution in [0.1, 0.15) is 13.3 Å². The highest BCUT2D eigenvalue weighted by Crippen LogP contribution is 2.20. The summed E-state index contributed by atoms with van der Waals surface area (Å²) in [5, 5.41) is 9.97. The van der Waals surface area contributed by atoms with Gasteiger partial charge in [-0.25, -0.2) is 0 Å². The van der Waals surface area contributed by atoms with Crippen LogP contribution in [-0.4, -0.2) is 68.5 Å². The van der Waals surface area contributed by atoms with Crippen LogP contribution in [0.15, 0.2) is 24.3 Å². The zero-order chi connectivity index (χ0) is 16.7. The van der Waals surface area contributed by atoms with E-state index in [9.17, 15) is 9.90 Å². The van der Waals surface area contributed by atoms with Gasteiger partial charge in [0, 0.05) is 38.4 Å². The van der Waals surface area contributed by atoms with Crippen molar-refractivity contribution in [3.63, 3.8) is 0 Å². The van der Waals surface area contributed by atoms with Crippen molar-refractivity contribution in [3.05, 3.63) is 24.3 Å². The minimum atomic E-state index is -0.665. The van der Waals surface area contributed by atoms with Crippen molar-refractivity contribution in [3.8, 4) is 5.75 Å². The monoisotopic (exact) mass is 322 g/mol. The zero-order valence-electron chi connectivity index (χ0n) is 13.9. The topological polar surface area (TPSA) is 62.2 Å². The summed E-state index contributed by atoms with van der Waals surface area (Å²) >= 11 is 0. The van der Waals surface area contributed by atoms with Crippen LogP contribution in [0.3, 0.4) is 0 Å². The van der Waals surface area contributed by atoms with Crippen molar-refractivity contribution in [1.29, 1.82) is 0 Å². The molecule has 0 aromatic heterocycles. The first-order valence-corrected chi connectivity index (χ1v) is 8.07. The lowest BCUT2D eigenvalue weighted by molar-refractivity contribution is -0.145. The molecule has 23 heavy (non-hydrogen) atoms. The molecule has 0 saturated carbocycles. The number of hydrogen-bond acceptors (Lipinski definition) is 6. The molecule has 1 aromatic rings. The Morgan fingerprint density at radius 2 is 1.87 bits per heavy atom. The van der Waals surface area contributed by atoms with Crippen molar-refractivity contribution in [2.75, 3.05) is 51.3 Å². The number of aliphatic hydroxyl groups is 1. The van der Waals surface area contributed by atoms with Crippen LogP contribution in [0, 0.1) is 0 Å². The zero-order valence-corrected chi connectivity index (χ0v) is 13.9. The number of methoxy groups -OCH3 is 1. The highest BCUT2D eigenvalue weighted by Gasteiger charge is 2.21. The van der Waals surface area contributed by atoms with Gasteiger partial charge in [-0.2, -0.15) is 0 Å². The molecule has 0 amide bonds. The van der Waals surface area contributed by atoms with E-state index in [0.29, 0.717) is 13.2 Å². The molecule has 1 aliphatic rings. The number of hydrogen-bond donors (Lipinski definition) is 1. The number of nitrogens with zero attached hydrogens (tertiary/aromatic N) is 2. The van der Waals surface area contributed by atoms with Crippen LogP contribution in [0.4, 0.5) is 5.69 Å². The van der Waals surface area contributed by atoms with Crippen LogP contribution in [0.25, 0.3) is 0 Å². The van der Waals surface area contributed by atoms with Crippen molar-refractivity contribution >= 4 is 11.7 Å². The van der Waals surface area contributed by atoms with E-state index in [2.05, 4.69) is 21.9 Å². The average molecular weight is 322 g/mol. The van der Waals surface area contributed by atoms with Gasteiger partial charge < -0.3 is 19.5 Å². The van der Waals surface area contributed by atoms with Gasteiger partial charge in [0.05, 0.1) is 26.2 Å². The molecule has 1 fully saturated rings. The number of ether oxygens (including phenoxy) is 2. The maximum absolute atomic E-state index is 11.4. The fourth-order valence-electron chi connectivity index (χ4n) is 2.76. The smallest absolute Gasteiger partial charge is 0.308 e. The summed E-state index contributed by atoms with van der Waals surface area (Å²) < 4.78 is 10.0. The molecular formula is C17H26N2O4. The highest BCUT2D eigenvalue weighted by atomic mass is 16.5. The Morgan fingerprint density at radius 1 is 1.22 bits per heavy atom. The molecule has 128 valence electrons. The van der Waals surface area contributed by atoms with Crippen molar-refractivity contribution in [2.45, 2.75) is 19.4 Å². The van der Waals surface area contributed by atoms with Crippen molar-refractivity contribution in [1.82, 2.24) is 4.90 Å². The number of aliphatic hydroxyl groups excluding tert-OH is 1. The second-order valence-corrected chi connectivity index (χ2v) is 5.65. The third-order valence-corrected chi connectivity index (χ3v) is 3.99. The van der Waals surface area contributed by atoms with Gasteiger partial charge in [0.1, 0.15) is 5.75 Å². The third kappa shape index (κ3) is 5.41. The first kappa shape index (κ1) is 17.6. The van der Waals surface area contributed by atoms with Crippen LogP contribution >= 0.6 is 0 Å². The second kappa shape index (κ2) is 8.74. The van der Waals surface area contributed by atoms with E-state index in [0.717, 1.165) is 31.9 Å². The summed E-state index contributed by atoms with van der Waals surface area (Å²) in [6.45, 7) is 6.17. The molecule has 6 heteroatoms. The summed E-state index contributed by atoms with van der Waals surface area (Å²) in [5.74, 6) is 0.520. The highest BCUT2D eigenvalue weighted by molar-refractivity contribution is 5.69. The molecule has 1 N–H and O–H groups in total. The van der Waals surface area contributed by atoms with Crippen molar-refractivity contribution in [2.24, 2.45) is 0 Å². The van der Waals surface area contributed by atoms with E-state index in [-0.39, 0.29) is 12.4 Å². The number of carbonyl (C=O) groups excluding carboxylic acids is 1. The Hall–Kier alpha value is -1.79. The Morgan fingerprint density at radius 3 is 2.43 bits per heavy atom. The summed E-state index contributed by atoms with van der Waals surface area (Å²) in [4.78, 5) is 15.9. The predicted molar refractivity (Wildman–Crippen MR) is 88.9 cm³/mol. The largest absolute Gasteiger partial charge is 0.497 e. The number of benzene rings is 1. The minimum Gasteiger partial charge on any atom is -0.497 e. The summed E-state index contributed by atoms with van der Waals surface area (Å²) in [5.41, 5.74) is 1.18. The molecule has 1 saturated heterocycles. The lowest BCUT2D eigenvalue weighted by atomic mass is 10.2. The van der Waals surface area contributed by atoms with E-state index in [1.54, 1.807) is 14.0 Å². The number of esters is 1. The maximum Gasteiger partial charge on any atom is 0.308 e. The number of rotatable bonds is 7. The molecular weight excluding hydrogens is 296 g/mol. The molecule has 0 spiro atoms. The number of carbonyl (C=O) groups is 1. The molecule has 6 nitrogen and oxygen atoms in total. The molecule has 0 unspecified atom stereocenters. The number of piperazine rings is 1. The van der Waals surface area contributed by atoms with E-state index in [1.807, 2.05) is 12.1 Å². The molecule has 2 rings (SSSR count). The van der Waals surface area contributed by atoms with E-state index < -0.39 is 6.10 Å². The predicted octanol–water partition coefficient (Wildman–Crippen LogP) is 1.13. The summed E-state index contributed by atoms with van der Waals surface area (Å²) in [7, 11) is 1.66. The van der Waals surface area contributed by atoms with Crippen LogP contribution < -0.4 is 9.64 Å². The van der Waals surface area contributed by atoms with Gasteiger partial charge >= 0.3 is 5.97 Å². The third-order valence-electron chi connectivity index (χ3n) is 3.99. The van der Waals surface area contributed by atoms with Crippen LogP contribution in [0.2, 0.25) is 0 Å². The van der Waals surface area contributed by atoms with Gasteiger partial charge in [0.15, 0.2) is 0 Å². The fraction of sp³-hybridized carbons (Fsp3) is 0.588. The summed E-state index contributed by atoms with van der Waals surface area (Å²) in [6, 6.07) is 8.05. The summed E-state index contributed by atoms with van der Waals surface area (Å²) in [6.07, 6.45) is -0.603. The quantitative estimate of drug-likeness (QED) is 0.760. The molecule has 0 aliphatic carbocycles. The van der Waals surface area contributed by atoms with Gasteiger partial charge in [0.2, 0.25) is 0 Å². The van der Waals surface area contributed by atoms with Gasteiger partial charge in [0.25, 0.3) is 0 Å². The van der Waals surface area contributed by atoms with Crippen LogP contribution in [0.5, 0.6) is 5.75 Å². The van der Waals surface area contributed by atoms with Gasteiger partial charge in [-0.3, -0.25) is 9.69 Å². The fourth-order valence-corrected chi connectivity index (χ4v) is 2.76. The van der Waals surface area contributed by atoms with Crippen LogP contribution in [-0.2, 0) is 9.53 Å². The minimum absolute atomic E-state index is 0.0620. The first-order chi connectivity index (χ1) is 11.1.